The number of nitrogens with one attached hydrogen (secondary N) is 3. The van der Waals surface area contributed by atoms with Crippen molar-refractivity contribution in [2.75, 3.05) is 0 Å². The molecule has 6 aromatic rings. The maximum atomic E-state index is 7.63. The number of aromatic amines is 2. The molecule has 182 valence electrons. The predicted molar refractivity (Wildman–Crippen MR) is 153 cm³/mol. The van der Waals surface area contributed by atoms with E-state index in [4.69, 9.17) is 26.8 Å². The summed E-state index contributed by atoms with van der Waals surface area (Å²) in [5.74, 6) is 1.73. The molecule has 3 aromatic carbocycles. The number of hydrogen-bond donors (Lipinski definition) is 5. The molecule has 0 unspecified atom stereocenters. The van der Waals surface area contributed by atoms with Crippen LogP contribution in [0.3, 0.4) is 0 Å². The molecule has 37 heavy (non-hydrogen) atoms. The Kier molecular flexibility index (Phi) is 5.58. The summed E-state index contributed by atoms with van der Waals surface area (Å²) in [7, 11) is 0. The third-order valence-electron chi connectivity index (χ3n) is 6.43. The van der Waals surface area contributed by atoms with Crippen LogP contribution in [0.4, 0.5) is 0 Å². The molecule has 0 aliphatic rings. The van der Waals surface area contributed by atoms with Crippen LogP contribution in [0.2, 0.25) is 0 Å². The van der Waals surface area contributed by atoms with Crippen molar-refractivity contribution in [1.82, 2.24) is 19.9 Å². The van der Waals surface area contributed by atoms with Crippen LogP contribution in [0.1, 0.15) is 21.6 Å². The third-order valence-corrected chi connectivity index (χ3v) is 7.58. The number of amidine groups is 1. The highest BCUT2D eigenvalue weighted by Gasteiger charge is 2.11. The zero-order valence-electron chi connectivity index (χ0n) is 20.0. The van der Waals surface area contributed by atoms with Gasteiger partial charge in [0, 0.05) is 21.7 Å². The molecule has 0 saturated carbocycles. The van der Waals surface area contributed by atoms with Crippen LogP contribution in [0.5, 0.6) is 0 Å². The number of nitrogens with zero attached hydrogens (tertiary/aromatic N) is 2. The van der Waals surface area contributed by atoms with Crippen molar-refractivity contribution in [1.29, 1.82) is 5.41 Å². The quantitative estimate of drug-likeness (QED) is 0.138. The van der Waals surface area contributed by atoms with Crippen molar-refractivity contribution in [2.45, 2.75) is 12.8 Å². The fourth-order valence-corrected chi connectivity index (χ4v) is 5.33. The molecular formula is C29H25N7S. The second kappa shape index (κ2) is 9.07. The van der Waals surface area contributed by atoms with Crippen LogP contribution in [-0.4, -0.2) is 25.8 Å². The molecule has 6 rings (SSSR count). The monoisotopic (exact) mass is 503 g/mol. The number of benzene rings is 3. The Morgan fingerprint density at radius 3 is 2.14 bits per heavy atom. The Morgan fingerprint density at radius 2 is 1.43 bits per heavy atom. The largest absolute Gasteiger partial charge is 0.399 e. The van der Waals surface area contributed by atoms with Gasteiger partial charge in [-0.3, -0.25) is 5.41 Å². The molecule has 0 saturated heterocycles. The first-order valence-corrected chi connectivity index (χ1v) is 12.7. The molecule has 0 bridgehead atoms. The number of aromatic nitrogens is 4. The van der Waals surface area contributed by atoms with Crippen LogP contribution in [0.25, 0.3) is 49.9 Å². The van der Waals surface area contributed by atoms with Crippen LogP contribution >= 0.6 is 11.3 Å². The predicted octanol–water partition coefficient (Wildman–Crippen LogP) is 5.83. The smallest absolute Gasteiger partial charge is 0.148 e. The van der Waals surface area contributed by atoms with Gasteiger partial charge in [-0.05, 0) is 66.4 Å². The van der Waals surface area contributed by atoms with Gasteiger partial charge < -0.3 is 21.4 Å². The Balaban J connectivity index is 1.14. The van der Waals surface area contributed by atoms with E-state index in [0.29, 0.717) is 11.3 Å². The summed E-state index contributed by atoms with van der Waals surface area (Å²) in [6.45, 7) is 3.81. The fourth-order valence-electron chi connectivity index (χ4n) is 4.38. The van der Waals surface area contributed by atoms with Gasteiger partial charge in [-0.25, -0.2) is 9.97 Å². The number of nitrogen functional groups attached to an aromatic ring is 1. The minimum atomic E-state index is 0.0507. The van der Waals surface area contributed by atoms with E-state index in [2.05, 4.69) is 52.9 Å². The molecule has 0 fully saturated rings. The van der Waals surface area contributed by atoms with Crippen molar-refractivity contribution >= 4 is 44.9 Å². The van der Waals surface area contributed by atoms with E-state index < -0.39 is 0 Å². The van der Waals surface area contributed by atoms with Gasteiger partial charge in [-0.2, -0.15) is 0 Å². The highest BCUT2D eigenvalue weighted by molar-refractivity contribution is 7.15. The van der Waals surface area contributed by atoms with E-state index in [9.17, 15) is 0 Å². The van der Waals surface area contributed by atoms with Gasteiger partial charge in [0.2, 0.25) is 0 Å². The summed E-state index contributed by atoms with van der Waals surface area (Å²) in [4.78, 5) is 18.6. The second-order valence-corrected chi connectivity index (χ2v) is 10.2. The molecule has 0 amide bonds. The summed E-state index contributed by atoms with van der Waals surface area (Å²) >= 11 is 1.75. The summed E-state index contributed by atoms with van der Waals surface area (Å²) in [5, 5.41) is 7.63. The van der Waals surface area contributed by atoms with Gasteiger partial charge in [-0.1, -0.05) is 36.9 Å². The number of fused-ring (bicyclic) bond motifs is 2. The molecule has 0 radical (unpaired) electrons. The van der Waals surface area contributed by atoms with Crippen LogP contribution in [-0.2, 0) is 12.8 Å². The zero-order chi connectivity index (χ0) is 25.5. The second-order valence-electron chi connectivity index (χ2n) is 9.04. The molecule has 7 nitrogen and oxygen atoms in total. The number of rotatable bonds is 7. The minimum absolute atomic E-state index is 0.0507. The topological polar surface area (TPSA) is 133 Å². The number of thiophene rings is 1. The van der Waals surface area contributed by atoms with E-state index in [0.717, 1.165) is 62.6 Å². The van der Waals surface area contributed by atoms with Crippen LogP contribution < -0.4 is 11.5 Å². The Morgan fingerprint density at radius 1 is 0.784 bits per heavy atom. The maximum Gasteiger partial charge on any atom is 0.148 e. The summed E-state index contributed by atoms with van der Waals surface area (Å²) in [6.07, 6.45) is 1.90. The maximum absolute atomic E-state index is 7.63. The van der Waals surface area contributed by atoms with Crippen LogP contribution in [0.15, 0.2) is 79.4 Å². The number of H-pyrrole nitrogens is 2. The van der Waals surface area contributed by atoms with Gasteiger partial charge in [-0.15, -0.1) is 11.3 Å². The van der Waals surface area contributed by atoms with E-state index in [1.807, 2.05) is 36.4 Å². The number of nitrogens with two attached hydrogens (primary N) is 2. The van der Waals surface area contributed by atoms with Crippen molar-refractivity contribution in [2.24, 2.45) is 11.5 Å². The van der Waals surface area contributed by atoms with Crippen molar-refractivity contribution in [3.8, 4) is 22.1 Å². The standard InChI is InChI=1S/C29H25N7S/c1-16(30)19-7-11-22-24(14-19)35-28(33-22)18-5-2-17(3-6-18)4-9-21-10-13-26(37-21)29-34-23-12-8-20(27(31)32)15-25(23)36-29/h2-3,5-8,10-15H,1,4,9,30H2,(H3,31,32)(H,33,35)(H,34,36). The molecular weight excluding hydrogens is 478 g/mol. The van der Waals surface area contributed by atoms with E-state index in [1.54, 1.807) is 11.3 Å². The molecule has 8 heteroatoms. The molecule has 7 N–H and O–H groups in total. The minimum Gasteiger partial charge on any atom is -0.399 e. The normalized spacial score (nSPS) is 11.4. The van der Waals surface area contributed by atoms with Gasteiger partial charge in [0.05, 0.1) is 26.9 Å². The fraction of sp³-hybridized carbons (Fsp3) is 0.0690. The van der Waals surface area contributed by atoms with Gasteiger partial charge in [0.1, 0.15) is 17.5 Å². The van der Waals surface area contributed by atoms with Crippen molar-refractivity contribution < 1.29 is 0 Å². The molecule has 0 aliphatic carbocycles. The first-order chi connectivity index (χ1) is 17.9. The van der Waals surface area contributed by atoms with E-state index in [1.165, 1.54) is 10.4 Å². The van der Waals surface area contributed by atoms with Gasteiger partial charge >= 0.3 is 0 Å². The summed E-state index contributed by atoms with van der Waals surface area (Å²) < 4.78 is 0. The number of hydrogen-bond acceptors (Lipinski definition) is 5. The molecule has 0 spiro atoms. The Hall–Kier alpha value is -4.69. The van der Waals surface area contributed by atoms with E-state index in [-0.39, 0.29) is 5.84 Å². The lowest BCUT2D eigenvalue weighted by Crippen LogP contribution is -2.10. The molecule has 0 atom stereocenters. The number of imidazole rings is 2. The van der Waals surface area contributed by atoms with E-state index >= 15 is 0 Å². The highest BCUT2D eigenvalue weighted by atomic mass is 32.1. The molecule has 3 heterocycles. The molecule has 0 aliphatic heterocycles. The lowest BCUT2D eigenvalue weighted by Gasteiger charge is -2.02. The van der Waals surface area contributed by atoms with Gasteiger partial charge in [0.25, 0.3) is 0 Å². The van der Waals surface area contributed by atoms with Gasteiger partial charge in [0.15, 0.2) is 0 Å². The Labute approximate surface area is 217 Å². The third kappa shape index (κ3) is 4.50. The summed E-state index contributed by atoms with van der Waals surface area (Å²) in [6, 6.07) is 24.3. The highest BCUT2D eigenvalue weighted by Crippen LogP contribution is 2.29. The Bertz CT molecular complexity index is 1790. The lowest BCUT2D eigenvalue weighted by molar-refractivity contribution is 0.981. The first kappa shape index (κ1) is 22.8. The average Bonchev–Trinajstić information content (AvgIpc) is 3.64. The number of aryl methyl sites for hydroxylation is 2. The zero-order valence-corrected chi connectivity index (χ0v) is 20.8. The van der Waals surface area contributed by atoms with Crippen molar-refractivity contribution in [3.05, 3.63) is 101 Å². The van der Waals surface area contributed by atoms with Crippen molar-refractivity contribution in [3.63, 3.8) is 0 Å². The molecule has 3 aromatic heterocycles. The lowest BCUT2D eigenvalue weighted by atomic mass is 10.1. The first-order valence-electron chi connectivity index (χ1n) is 11.9. The summed E-state index contributed by atoms with van der Waals surface area (Å²) in [5.41, 5.74) is 19.5. The average molecular weight is 504 g/mol. The van der Waals surface area contributed by atoms with Crippen LogP contribution in [0, 0.1) is 5.41 Å². The SMILES string of the molecule is C=C(N)c1ccc2nc(-c3ccc(CCc4ccc(-c5nc6ccc(C(=N)N)cc6[nH]5)s4)cc3)[nH]c2c1.